The average molecular weight is 456 g/mol. The van der Waals surface area contributed by atoms with Gasteiger partial charge < -0.3 is 15.4 Å². The molecule has 3 rings (SSSR count). The molecule has 1 amide bonds. The molecule has 1 aliphatic heterocycles. The molecule has 2 N–H and O–H groups in total. The Kier molecular flexibility index (Phi) is 9.12. The van der Waals surface area contributed by atoms with E-state index in [9.17, 15) is 4.79 Å². The summed E-state index contributed by atoms with van der Waals surface area (Å²) in [5, 5.41) is 1.28. The molecule has 7 heteroatoms. The van der Waals surface area contributed by atoms with Crippen LogP contribution >= 0.6 is 23.2 Å². The van der Waals surface area contributed by atoms with Gasteiger partial charge in [-0.05, 0) is 56.2 Å². The average Bonchev–Trinajstić information content (AvgIpc) is 2.75. The van der Waals surface area contributed by atoms with E-state index in [-0.39, 0.29) is 11.8 Å². The first-order valence-corrected chi connectivity index (χ1v) is 11.9. The summed E-state index contributed by atoms with van der Waals surface area (Å²) in [4.78, 5) is 16.7. The van der Waals surface area contributed by atoms with E-state index < -0.39 is 0 Å². The van der Waals surface area contributed by atoms with Gasteiger partial charge in [-0.2, -0.15) is 0 Å². The number of anilines is 1. The third-order valence-corrected chi connectivity index (χ3v) is 7.77. The highest BCUT2D eigenvalue weighted by molar-refractivity contribution is 6.43. The Morgan fingerprint density at radius 2 is 1.87 bits per heavy atom. The van der Waals surface area contributed by atoms with Crippen molar-refractivity contribution >= 4 is 34.8 Å². The number of hydrogen-bond acceptors (Lipinski definition) is 4. The van der Waals surface area contributed by atoms with Crippen molar-refractivity contribution in [1.82, 2.24) is 4.90 Å². The van der Waals surface area contributed by atoms with E-state index >= 15 is 0 Å². The van der Waals surface area contributed by atoms with Gasteiger partial charge in [-0.3, -0.25) is 9.69 Å². The van der Waals surface area contributed by atoms with Gasteiger partial charge in [0.25, 0.3) is 0 Å². The van der Waals surface area contributed by atoms with Crippen LogP contribution in [0.15, 0.2) is 18.2 Å². The Balaban J connectivity index is 1.38. The van der Waals surface area contributed by atoms with E-state index in [0.29, 0.717) is 22.6 Å². The van der Waals surface area contributed by atoms with Gasteiger partial charge in [-0.1, -0.05) is 42.1 Å². The number of methoxy groups -OCH3 is 1. The van der Waals surface area contributed by atoms with Gasteiger partial charge in [0.1, 0.15) is 0 Å². The van der Waals surface area contributed by atoms with Crippen LogP contribution in [0, 0.1) is 17.8 Å². The number of nitrogens with two attached hydrogens (primary N) is 1. The number of rotatable bonds is 9. The first kappa shape index (κ1) is 23.6. The maximum Gasteiger partial charge on any atom is 0.220 e. The van der Waals surface area contributed by atoms with E-state index in [0.717, 1.165) is 63.6 Å². The molecule has 0 aromatic heterocycles. The predicted octanol–water partition coefficient (Wildman–Crippen LogP) is 4.45. The zero-order chi connectivity index (χ0) is 21.5. The summed E-state index contributed by atoms with van der Waals surface area (Å²) in [6.07, 6.45) is 6.64. The van der Waals surface area contributed by atoms with Crippen LogP contribution in [0.2, 0.25) is 10.0 Å². The molecule has 1 atom stereocenters. The monoisotopic (exact) mass is 455 g/mol. The number of nitrogens with zero attached hydrogens (tertiary/aromatic N) is 2. The summed E-state index contributed by atoms with van der Waals surface area (Å²) in [6.45, 7) is 5.83. The fourth-order valence-corrected chi connectivity index (χ4v) is 5.46. The van der Waals surface area contributed by atoms with Crippen molar-refractivity contribution in [2.75, 3.05) is 51.3 Å². The van der Waals surface area contributed by atoms with Gasteiger partial charge in [-0.15, -0.1) is 0 Å². The molecule has 1 aromatic rings. The van der Waals surface area contributed by atoms with Gasteiger partial charge in [0.05, 0.1) is 15.7 Å². The summed E-state index contributed by atoms with van der Waals surface area (Å²) < 4.78 is 5.16. The number of carbonyl (C=O) groups is 1. The second-order valence-electron chi connectivity index (χ2n) is 8.76. The number of benzene rings is 1. The molecule has 0 bridgehead atoms. The Hall–Kier alpha value is -1.01. The smallest absolute Gasteiger partial charge is 0.220 e. The molecular formula is C23H35Cl2N3O2. The van der Waals surface area contributed by atoms with Crippen molar-refractivity contribution in [2.24, 2.45) is 23.5 Å². The molecule has 1 aromatic carbocycles. The van der Waals surface area contributed by atoms with Gasteiger partial charge >= 0.3 is 0 Å². The van der Waals surface area contributed by atoms with E-state index in [2.05, 4.69) is 9.80 Å². The number of halogens is 2. The molecule has 0 radical (unpaired) electrons. The predicted molar refractivity (Wildman–Crippen MR) is 124 cm³/mol. The minimum absolute atomic E-state index is 0.0303. The van der Waals surface area contributed by atoms with Gasteiger partial charge in [-0.25, -0.2) is 0 Å². The molecular weight excluding hydrogens is 421 g/mol. The SMILES string of the molecule is COCCC(C(N)=O)C1CCC(CCN2CCN(c3cccc(Cl)c3Cl)CC2)CC1. The van der Waals surface area contributed by atoms with Gasteiger partial charge in [0.15, 0.2) is 0 Å². The van der Waals surface area contributed by atoms with Gasteiger partial charge in [0.2, 0.25) is 5.91 Å². The van der Waals surface area contributed by atoms with Crippen LogP contribution < -0.4 is 10.6 Å². The Morgan fingerprint density at radius 1 is 1.17 bits per heavy atom. The van der Waals surface area contributed by atoms with E-state index in [4.69, 9.17) is 33.7 Å². The number of hydrogen-bond donors (Lipinski definition) is 1. The molecule has 168 valence electrons. The van der Waals surface area contributed by atoms with Gasteiger partial charge in [0, 0.05) is 45.8 Å². The fourth-order valence-electron chi connectivity index (χ4n) is 5.05. The highest BCUT2D eigenvalue weighted by Crippen LogP contribution is 2.37. The van der Waals surface area contributed by atoms with Crippen LogP contribution in [0.5, 0.6) is 0 Å². The number of carbonyl (C=O) groups excluding carboxylic acids is 1. The van der Waals surface area contributed by atoms with Crippen LogP contribution in [-0.4, -0.2) is 57.2 Å². The maximum atomic E-state index is 11.8. The van der Waals surface area contributed by atoms with Crippen LogP contribution in [0.3, 0.4) is 0 Å². The lowest BCUT2D eigenvalue weighted by Crippen LogP contribution is -2.47. The molecule has 30 heavy (non-hydrogen) atoms. The van der Waals surface area contributed by atoms with Crippen molar-refractivity contribution in [1.29, 1.82) is 0 Å². The summed E-state index contributed by atoms with van der Waals surface area (Å²) >= 11 is 12.6. The molecule has 1 unspecified atom stereocenters. The van der Waals surface area contributed by atoms with Crippen molar-refractivity contribution in [3.63, 3.8) is 0 Å². The van der Waals surface area contributed by atoms with E-state index in [1.807, 2.05) is 18.2 Å². The molecule has 2 aliphatic rings. The minimum Gasteiger partial charge on any atom is -0.385 e. The first-order chi connectivity index (χ1) is 14.5. The fraction of sp³-hybridized carbons (Fsp3) is 0.696. The lowest BCUT2D eigenvalue weighted by molar-refractivity contribution is -0.124. The Morgan fingerprint density at radius 3 is 2.50 bits per heavy atom. The largest absolute Gasteiger partial charge is 0.385 e. The molecule has 1 heterocycles. The molecule has 1 aliphatic carbocycles. The zero-order valence-electron chi connectivity index (χ0n) is 18.0. The standard InChI is InChI=1S/C23H35Cl2N3O2/c1-30-16-10-19(23(26)29)18-7-5-17(6-8-18)9-11-27-12-14-28(15-13-27)21-4-2-3-20(24)22(21)25/h2-4,17-19H,5-16H2,1H3,(H2,26,29). The highest BCUT2D eigenvalue weighted by atomic mass is 35.5. The Bertz CT molecular complexity index is 687. The second kappa shape index (κ2) is 11.6. The lowest BCUT2D eigenvalue weighted by Gasteiger charge is -2.38. The van der Waals surface area contributed by atoms with Crippen LogP contribution in [0.25, 0.3) is 0 Å². The zero-order valence-corrected chi connectivity index (χ0v) is 19.5. The normalized spacial score (nSPS) is 24.0. The minimum atomic E-state index is -0.159. The lowest BCUT2D eigenvalue weighted by atomic mass is 9.73. The van der Waals surface area contributed by atoms with Crippen LogP contribution in [-0.2, 0) is 9.53 Å². The highest BCUT2D eigenvalue weighted by Gasteiger charge is 2.31. The van der Waals surface area contributed by atoms with Crippen LogP contribution in [0.4, 0.5) is 5.69 Å². The Labute approximate surface area is 190 Å². The molecule has 0 spiro atoms. The molecule has 1 saturated heterocycles. The van der Waals surface area contributed by atoms with Crippen molar-refractivity contribution < 1.29 is 9.53 Å². The maximum absolute atomic E-state index is 11.8. The number of amides is 1. The van der Waals surface area contributed by atoms with E-state index in [1.165, 1.54) is 19.3 Å². The van der Waals surface area contributed by atoms with E-state index in [1.54, 1.807) is 7.11 Å². The summed E-state index contributed by atoms with van der Waals surface area (Å²) in [6, 6.07) is 5.85. The summed E-state index contributed by atoms with van der Waals surface area (Å²) in [5.41, 5.74) is 6.69. The van der Waals surface area contributed by atoms with Crippen molar-refractivity contribution in [2.45, 2.75) is 38.5 Å². The third kappa shape index (κ3) is 6.25. The van der Waals surface area contributed by atoms with Crippen LogP contribution in [0.1, 0.15) is 38.5 Å². The number of piperazine rings is 1. The summed E-state index contributed by atoms with van der Waals surface area (Å²) in [5.74, 6) is 1.00. The quantitative estimate of drug-likeness (QED) is 0.597. The number of primary amides is 1. The second-order valence-corrected chi connectivity index (χ2v) is 9.55. The summed E-state index contributed by atoms with van der Waals surface area (Å²) in [7, 11) is 1.68. The van der Waals surface area contributed by atoms with Crippen molar-refractivity contribution in [3.05, 3.63) is 28.2 Å². The molecule has 2 fully saturated rings. The third-order valence-electron chi connectivity index (χ3n) is 6.96. The first-order valence-electron chi connectivity index (χ1n) is 11.2. The topological polar surface area (TPSA) is 58.8 Å². The molecule has 5 nitrogen and oxygen atoms in total. The molecule has 1 saturated carbocycles. The number of ether oxygens (including phenoxy) is 1. The van der Waals surface area contributed by atoms with Crippen molar-refractivity contribution in [3.8, 4) is 0 Å².